The fraction of sp³-hybridized carbons (Fsp3) is 0.0833. The number of nitrogens with zero attached hydrogens (tertiary/aromatic N) is 1. The second-order valence-electron chi connectivity index (χ2n) is 7.03. The molecule has 1 atom stereocenters. The molecule has 0 fully saturated rings. The van der Waals surface area contributed by atoms with Crippen molar-refractivity contribution in [1.82, 2.24) is 9.88 Å². The van der Waals surface area contributed by atoms with E-state index in [1.807, 2.05) is 60.2 Å². The van der Waals surface area contributed by atoms with Crippen LogP contribution in [0.2, 0.25) is 5.02 Å². The Hall–Kier alpha value is -3.57. The van der Waals surface area contributed by atoms with Crippen molar-refractivity contribution in [3.63, 3.8) is 0 Å². The summed E-state index contributed by atoms with van der Waals surface area (Å²) >= 11 is 6.15. The molecule has 3 aromatic carbocycles. The minimum absolute atomic E-state index is 0.210. The standard InChI is InChI=1S/C24H19ClN2O3/c1-15(16-8-10-18(11-9-16)24(29)30)26-23(28)21-7-2-4-17-12-13-27(22(17)21)20-6-3-5-19(25)14-20/h2-15H,1H3,(H,26,28)(H,29,30)/t15-/m0/s1. The summed E-state index contributed by atoms with van der Waals surface area (Å²) in [5, 5.41) is 13.6. The van der Waals surface area contributed by atoms with Crippen LogP contribution < -0.4 is 5.32 Å². The lowest BCUT2D eigenvalue weighted by molar-refractivity contribution is 0.0696. The molecule has 0 bridgehead atoms. The average Bonchev–Trinajstić information content (AvgIpc) is 3.18. The summed E-state index contributed by atoms with van der Waals surface area (Å²) in [6.07, 6.45) is 1.92. The molecular weight excluding hydrogens is 400 g/mol. The third kappa shape index (κ3) is 3.80. The highest BCUT2D eigenvalue weighted by molar-refractivity contribution is 6.30. The van der Waals surface area contributed by atoms with Crippen LogP contribution in [-0.2, 0) is 0 Å². The van der Waals surface area contributed by atoms with Gasteiger partial charge in [-0.3, -0.25) is 4.79 Å². The topological polar surface area (TPSA) is 71.3 Å². The number of amides is 1. The zero-order valence-corrected chi connectivity index (χ0v) is 16.9. The lowest BCUT2D eigenvalue weighted by Gasteiger charge is -2.16. The number of hydrogen-bond donors (Lipinski definition) is 2. The Morgan fingerprint density at radius 2 is 1.73 bits per heavy atom. The molecule has 1 heterocycles. The van der Waals surface area contributed by atoms with Crippen LogP contribution >= 0.6 is 11.6 Å². The number of carboxylic acids is 1. The van der Waals surface area contributed by atoms with Gasteiger partial charge in [0.15, 0.2) is 0 Å². The van der Waals surface area contributed by atoms with Gasteiger partial charge in [0.1, 0.15) is 0 Å². The number of carbonyl (C=O) groups excluding carboxylic acids is 1. The first kappa shape index (κ1) is 19.7. The summed E-state index contributed by atoms with van der Waals surface area (Å²) in [7, 11) is 0. The maximum Gasteiger partial charge on any atom is 0.335 e. The molecule has 0 unspecified atom stereocenters. The van der Waals surface area contributed by atoms with E-state index in [4.69, 9.17) is 16.7 Å². The first-order valence-electron chi connectivity index (χ1n) is 9.44. The number of halogens is 1. The molecule has 0 saturated heterocycles. The summed E-state index contributed by atoms with van der Waals surface area (Å²) in [4.78, 5) is 24.2. The average molecular weight is 419 g/mol. The van der Waals surface area contributed by atoms with Crippen molar-refractivity contribution >= 4 is 34.4 Å². The SMILES string of the molecule is C[C@H](NC(=O)c1cccc2ccn(-c3cccc(Cl)c3)c12)c1ccc(C(=O)O)cc1. The minimum atomic E-state index is -0.980. The zero-order valence-electron chi connectivity index (χ0n) is 16.2. The van der Waals surface area contributed by atoms with Crippen LogP contribution in [0.4, 0.5) is 0 Å². The number of aromatic carboxylic acids is 1. The van der Waals surface area contributed by atoms with E-state index in [9.17, 15) is 9.59 Å². The highest BCUT2D eigenvalue weighted by Gasteiger charge is 2.17. The van der Waals surface area contributed by atoms with E-state index in [1.165, 1.54) is 12.1 Å². The molecule has 6 heteroatoms. The van der Waals surface area contributed by atoms with Gasteiger partial charge in [-0.05, 0) is 55.0 Å². The molecule has 0 saturated carbocycles. The van der Waals surface area contributed by atoms with Crippen molar-refractivity contribution in [3.05, 3.63) is 101 Å². The molecule has 30 heavy (non-hydrogen) atoms. The molecule has 0 aliphatic carbocycles. The Balaban J connectivity index is 1.66. The molecule has 1 amide bonds. The molecular formula is C24H19ClN2O3. The van der Waals surface area contributed by atoms with E-state index in [-0.39, 0.29) is 17.5 Å². The Labute approximate surface area is 178 Å². The Morgan fingerprint density at radius 1 is 1.00 bits per heavy atom. The highest BCUT2D eigenvalue weighted by Crippen LogP contribution is 2.26. The third-order valence-corrected chi connectivity index (χ3v) is 5.28. The molecule has 0 spiro atoms. The fourth-order valence-electron chi connectivity index (χ4n) is 3.49. The number of para-hydroxylation sites is 1. The smallest absolute Gasteiger partial charge is 0.335 e. The fourth-order valence-corrected chi connectivity index (χ4v) is 3.68. The van der Waals surface area contributed by atoms with Crippen molar-refractivity contribution in [2.75, 3.05) is 0 Å². The highest BCUT2D eigenvalue weighted by atomic mass is 35.5. The molecule has 0 aliphatic heterocycles. The van der Waals surface area contributed by atoms with Crippen molar-refractivity contribution in [1.29, 1.82) is 0 Å². The van der Waals surface area contributed by atoms with Gasteiger partial charge in [-0.2, -0.15) is 0 Å². The van der Waals surface area contributed by atoms with Gasteiger partial charge in [0, 0.05) is 22.3 Å². The van der Waals surface area contributed by atoms with Gasteiger partial charge in [0.2, 0.25) is 0 Å². The Kier molecular flexibility index (Phi) is 5.29. The first-order valence-corrected chi connectivity index (χ1v) is 9.82. The number of fused-ring (bicyclic) bond motifs is 1. The Bertz CT molecular complexity index is 1250. The van der Waals surface area contributed by atoms with E-state index in [0.29, 0.717) is 10.6 Å². The van der Waals surface area contributed by atoms with E-state index >= 15 is 0 Å². The van der Waals surface area contributed by atoms with Crippen LogP contribution in [0.1, 0.15) is 39.2 Å². The molecule has 4 aromatic rings. The number of hydrogen-bond acceptors (Lipinski definition) is 2. The van der Waals surface area contributed by atoms with Crippen molar-refractivity contribution < 1.29 is 14.7 Å². The normalized spacial score (nSPS) is 11.9. The van der Waals surface area contributed by atoms with E-state index < -0.39 is 5.97 Å². The van der Waals surface area contributed by atoms with Crippen LogP contribution in [0.5, 0.6) is 0 Å². The number of aromatic nitrogens is 1. The second kappa shape index (κ2) is 8.05. The quantitative estimate of drug-likeness (QED) is 0.451. The predicted octanol–water partition coefficient (Wildman–Crippen LogP) is 5.47. The second-order valence-corrected chi connectivity index (χ2v) is 7.47. The number of rotatable bonds is 5. The summed E-state index contributed by atoms with van der Waals surface area (Å²) < 4.78 is 1.95. The largest absolute Gasteiger partial charge is 0.478 e. The molecule has 1 aromatic heterocycles. The van der Waals surface area contributed by atoms with Crippen molar-refractivity contribution in [3.8, 4) is 5.69 Å². The zero-order chi connectivity index (χ0) is 21.3. The lowest BCUT2D eigenvalue weighted by Crippen LogP contribution is -2.27. The van der Waals surface area contributed by atoms with Gasteiger partial charge in [0.25, 0.3) is 5.91 Å². The summed E-state index contributed by atoms with van der Waals surface area (Å²) in [6, 6.07) is 21.2. The van der Waals surface area contributed by atoms with Gasteiger partial charge in [-0.25, -0.2) is 4.79 Å². The van der Waals surface area contributed by atoms with Crippen molar-refractivity contribution in [2.45, 2.75) is 13.0 Å². The monoisotopic (exact) mass is 418 g/mol. The van der Waals surface area contributed by atoms with Crippen LogP contribution in [0.25, 0.3) is 16.6 Å². The molecule has 0 radical (unpaired) electrons. The molecule has 4 rings (SSSR count). The van der Waals surface area contributed by atoms with E-state index in [0.717, 1.165) is 22.2 Å². The number of carbonyl (C=O) groups is 2. The first-order chi connectivity index (χ1) is 14.4. The number of benzene rings is 3. The summed E-state index contributed by atoms with van der Waals surface area (Å²) in [5.41, 5.74) is 3.25. The van der Waals surface area contributed by atoms with Crippen LogP contribution in [0, 0.1) is 0 Å². The Morgan fingerprint density at radius 3 is 2.43 bits per heavy atom. The third-order valence-electron chi connectivity index (χ3n) is 5.05. The van der Waals surface area contributed by atoms with Crippen LogP contribution in [0.3, 0.4) is 0 Å². The van der Waals surface area contributed by atoms with Crippen LogP contribution in [-0.4, -0.2) is 21.6 Å². The molecule has 5 nitrogen and oxygen atoms in total. The molecule has 2 N–H and O–H groups in total. The summed E-state index contributed by atoms with van der Waals surface area (Å²) in [5.74, 6) is -1.19. The van der Waals surface area contributed by atoms with E-state index in [1.54, 1.807) is 18.2 Å². The number of carboxylic acid groups (broad SMARTS) is 1. The molecule has 0 aliphatic rings. The van der Waals surface area contributed by atoms with Gasteiger partial charge in [-0.1, -0.05) is 41.9 Å². The predicted molar refractivity (Wildman–Crippen MR) is 118 cm³/mol. The molecule has 150 valence electrons. The van der Waals surface area contributed by atoms with Crippen molar-refractivity contribution in [2.24, 2.45) is 0 Å². The maximum atomic E-state index is 13.1. The number of nitrogens with one attached hydrogen (secondary N) is 1. The maximum absolute atomic E-state index is 13.1. The van der Waals surface area contributed by atoms with Gasteiger partial charge in [0.05, 0.1) is 22.7 Å². The minimum Gasteiger partial charge on any atom is -0.478 e. The van der Waals surface area contributed by atoms with Gasteiger partial charge in [-0.15, -0.1) is 0 Å². The lowest BCUT2D eigenvalue weighted by atomic mass is 10.0. The van der Waals surface area contributed by atoms with E-state index in [2.05, 4.69) is 5.32 Å². The van der Waals surface area contributed by atoms with Gasteiger partial charge < -0.3 is 15.0 Å². The summed E-state index contributed by atoms with van der Waals surface area (Å²) in [6.45, 7) is 1.86. The van der Waals surface area contributed by atoms with Crippen LogP contribution in [0.15, 0.2) is 79.0 Å². The van der Waals surface area contributed by atoms with Gasteiger partial charge >= 0.3 is 5.97 Å².